The Morgan fingerprint density at radius 2 is 0.800 bits per heavy atom. The van der Waals surface area contributed by atoms with Crippen LogP contribution in [-0.2, 0) is 21.7 Å². The Balaban J connectivity index is -0.0000000293. The van der Waals surface area contributed by atoms with E-state index in [2.05, 4.69) is 0 Å². The molecule has 0 aliphatic heterocycles. The van der Waals surface area contributed by atoms with Gasteiger partial charge in [-0.15, -0.1) is 0 Å². The number of aliphatic hydroxyl groups is 2. The second-order valence-electron chi connectivity index (χ2n) is 2.60. The van der Waals surface area contributed by atoms with Gasteiger partial charge in [-0.1, -0.05) is 13.8 Å². The summed E-state index contributed by atoms with van der Waals surface area (Å²) in [6, 6.07) is 0. The minimum atomic E-state index is 0. The number of hydrogen-bond donors (Lipinski definition) is 2. The first-order chi connectivity index (χ1) is 6.66. The molecule has 0 radical (unpaired) electrons. The van der Waals surface area contributed by atoms with Crippen LogP contribution in [0.4, 0.5) is 0 Å². The Kier molecular flexibility index (Phi) is 122. The maximum atomic E-state index is 7.88. The molecule has 0 rings (SSSR count). The zero-order valence-electron chi connectivity index (χ0n) is 11.4. The summed E-state index contributed by atoms with van der Waals surface area (Å²) in [5.74, 6) is 0. The summed E-state index contributed by atoms with van der Waals surface area (Å²) in [7, 11) is 0. The molecular weight excluding hydrogens is 224 g/mol. The zero-order chi connectivity index (χ0) is 12.2. The van der Waals surface area contributed by atoms with Gasteiger partial charge in [0.1, 0.15) is 0 Å². The van der Waals surface area contributed by atoms with Crippen molar-refractivity contribution in [2.24, 2.45) is 0 Å². The summed E-state index contributed by atoms with van der Waals surface area (Å²) in [6.07, 6.45) is 5.75. The minimum Gasteiger partial charge on any atom is -0.396 e. The minimum absolute atomic E-state index is 0. The van der Waals surface area contributed by atoms with Crippen molar-refractivity contribution in [2.75, 3.05) is 13.2 Å². The summed E-state index contributed by atoms with van der Waals surface area (Å²) in [4.78, 5) is 0. The quantitative estimate of drug-likeness (QED) is 0.586. The molecule has 94 valence electrons. The molecule has 0 aliphatic rings. The average Bonchev–Trinajstić information content (AvgIpc) is 2.20. The zero-order valence-corrected chi connectivity index (χ0v) is 12.9. The second kappa shape index (κ2) is 61.8. The molecule has 0 aromatic carbocycles. The normalized spacial score (nSPS) is 6.40. The Morgan fingerprint density at radius 1 is 0.733 bits per heavy atom. The maximum Gasteiger partial charge on any atom is 2.00 e. The fourth-order valence-corrected chi connectivity index (χ4v) is 0. The van der Waals surface area contributed by atoms with E-state index in [0.717, 1.165) is 12.8 Å². The summed E-state index contributed by atoms with van der Waals surface area (Å²) >= 11 is 0. The van der Waals surface area contributed by atoms with Crippen LogP contribution in [0.25, 0.3) is 0 Å². The van der Waals surface area contributed by atoms with Gasteiger partial charge in [0, 0.05) is 13.2 Å². The van der Waals surface area contributed by atoms with E-state index in [9.17, 15) is 0 Å². The second-order valence-corrected chi connectivity index (χ2v) is 2.60. The van der Waals surface area contributed by atoms with E-state index >= 15 is 0 Å². The van der Waals surface area contributed by atoms with Gasteiger partial charge in [0.15, 0.2) is 0 Å². The Labute approximate surface area is 112 Å². The van der Waals surface area contributed by atoms with Gasteiger partial charge in [-0.2, -0.15) is 27.7 Å². The molecule has 0 fully saturated rings. The standard InChI is InChI=1S/2C3H8O.2C3H7.Ti/c2*1-2-3-4;2*1-3-2;/h2*4H,2-3H2,1H3;2*3H,1-2H3;/q;;2*-1;+2. The van der Waals surface area contributed by atoms with Gasteiger partial charge in [-0.25, -0.2) is 0 Å². The Morgan fingerprint density at radius 3 is 0.800 bits per heavy atom. The summed E-state index contributed by atoms with van der Waals surface area (Å²) in [5.41, 5.74) is 0. The van der Waals surface area contributed by atoms with E-state index in [1.165, 1.54) is 0 Å². The van der Waals surface area contributed by atoms with Crippen LogP contribution in [-0.4, -0.2) is 23.4 Å². The van der Waals surface area contributed by atoms with Gasteiger partial charge in [-0.3, -0.25) is 0 Å². The van der Waals surface area contributed by atoms with E-state index < -0.39 is 0 Å². The molecule has 0 aliphatic carbocycles. The maximum absolute atomic E-state index is 7.88. The topological polar surface area (TPSA) is 40.5 Å². The molecule has 0 unspecified atom stereocenters. The van der Waals surface area contributed by atoms with Gasteiger partial charge < -0.3 is 23.1 Å². The molecule has 2 N–H and O–H groups in total. The van der Waals surface area contributed by atoms with Crippen molar-refractivity contribution in [3.05, 3.63) is 12.8 Å². The summed E-state index contributed by atoms with van der Waals surface area (Å²) in [5, 5.41) is 15.8. The number of hydrogen-bond acceptors (Lipinski definition) is 2. The number of rotatable bonds is 2. The Hall–Kier alpha value is 0.634. The molecule has 0 saturated carbocycles. The first-order valence-corrected chi connectivity index (χ1v) is 5.36. The first-order valence-electron chi connectivity index (χ1n) is 5.36. The van der Waals surface area contributed by atoms with Crippen molar-refractivity contribution < 1.29 is 31.9 Å². The van der Waals surface area contributed by atoms with Crippen LogP contribution in [0.3, 0.4) is 0 Å². The van der Waals surface area contributed by atoms with Crippen LogP contribution in [0, 0.1) is 12.8 Å². The molecule has 0 heterocycles. The van der Waals surface area contributed by atoms with Crippen molar-refractivity contribution in [3.63, 3.8) is 0 Å². The smallest absolute Gasteiger partial charge is 0.396 e. The van der Waals surface area contributed by atoms with Gasteiger partial charge in [0.05, 0.1) is 0 Å². The molecule has 0 aromatic heterocycles. The van der Waals surface area contributed by atoms with Crippen molar-refractivity contribution in [2.45, 2.75) is 54.4 Å². The van der Waals surface area contributed by atoms with Crippen molar-refractivity contribution in [3.8, 4) is 0 Å². The molecule has 3 heteroatoms. The molecule has 0 saturated heterocycles. The summed E-state index contributed by atoms with van der Waals surface area (Å²) < 4.78 is 0. The predicted molar refractivity (Wildman–Crippen MR) is 66.0 cm³/mol. The third-order valence-electron chi connectivity index (χ3n) is 0.447. The van der Waals surface area contributed by atoms with Gasteiger partial charge in [0.25, 0.3) is 0 Å². The molecule has 0 aromatic rings. The van der Waals surface area contributed by atoms with Crippen molar-refractivity contribution in [1.82, 2.24) is 0 Å². The molecule has 15 heavy (non-hydrogen) atoms. The van der Waals surface area contributed by atoms with Crippen LogP contribution in [0.2, 0.25) is 0 Å². The third-order valence-corrected chi connectivity index (χ3v) is 0.447. The van der Waals surface area contributed by atoms with Gasteiger partial charge in [-0.05, 0) is 12.8 Å². The van der Waals surface area contributed by atoms with Crippen LogP contribution < -0.4 is 0 Å². The fraction of sp³-hybridized carbons (Fsp3) is 0.833. The van der Waals surface area contributed by atoms with Crippen LogP contribution in [0.15, 0.2) is 0 Å². The average molecular weight is 254 g/mol. The largest absolute Gasteiger partial charge is 2.00 e. The molecule has 2 nitrogen and oxygen atoms in total. The van der Waals surface area contributed by atoms with Crippen molar-refractivity contribution >= 4 is 0 Å². The van der Waals surface area contributed by atoms with Gasteiger partial charge in [0.2, 0.25) is 0 Å². The molecular formula is C12H30O2Ti. The molecule has 0 atom stereocenters. The first kappa shape index (κ1) is 29.6. The molecule has 0 bridgehead atoms. The predicted octanol–water partition coefficient (Wildman–Crippen LogP) is 3.24. The van der Waals surface area contributed by atoms with Crippen molar-refractivity contribution in [1.29, 1.82) is 0 Å². The van der Waals surface area contributed by atoms with Crippen LogP contribution >= 0.6 is 0 Å². The van der Waals surface area contributed by atoms with E-state index in [1.807, 2.05) is 54.4 Å². The molecule has 0 amide bonds. The fourth-order valence-electron chi connectivity index (χ4n) is 0. The van der Waals surface area contributed by atoms with E-state index in [-0.39, 0.29) is 21.7 Å². The monoisotopic (exact) mass is 254 g/mol. The van der Waals surface area contributed by atoms with E-state index in [0.29, 0.717) is 13.2 Å². The van der Waals surface area contributed by atoms with Gasteiger partial charge >= 0.3 is 21.7 Å². The third kappa shape index (κ3) is 337. The SMILES string of the molecule is CCCO.CCCO.C[CH-]C.C[CH-]C.[Ti+2]. The van der Waals surface area contributed by atoms with E-state index in [1.54, 1.807) is 0 Å². The summed E-state index contributed by atoms with van der Waals surface area (Å²) in [6.45, 7) is 12.5. The molecule has 0 spiro atoms. The van der Waals surface area contributed by atoms with Crippen LogP contribution in [0.1, 0.15) is 54.4 Å². The Bertz CT molecular complexity index is 34.6. The van der Waals surface area contributed by atoms with Crippen LogP contribution in [0.5, 0.6) is 0 Å². The van der Waals surface area contributed by atoms with E-state index in [4.69, 9.17) is 10.2 Å². The number of aliphatic hydroxyl groups excluding tert-OH is 2.